The molecule has 0 aliphatic rings. The normalized spacial score (nSPS) is 10.9. The molecule has 3 rings (SSSR count). The summed E-state index contributed by atoms with van der Waals surface area (Å²) in [5.41, 5.74) is 0.671. The molecule has 5 nitrogen and oxygen atoms in total. The van der Waals surface area contributed by atoms with Crippen molar-refractivity contribution in [2.45, 2.75) is 13.3 Å². The van der Waals surface area contributed by atoms with E-state index in [2.05, 4.69) is 31.4 Å². The molecule has 0 atom stereocenters. The lowest BCUT2D eigenvalue weighted by atomic mass is 10.2. The second-order valence-electron chi connectivity index (χ2n) is 4.10. The molecule has 3 aromatic rings. The van der Waals surface area contributed by atoms with Gasteiger partial charge in [-0.15, -0.1) is 10.2 Å². The minimum atomic E-state index is -0.323. The summed E-state index contributed by atoms with van der Waals surface area (Å²) in [6.07, 6.45) is 0.798. The average molecular weight is 352 g/mol. The lowest BCUT2D eigenvalue weighted by molar-refractivity contribution is 0.0998. The number of aryl methyl sites for hydroxylation is 1. The summed E-state index contributed by atoms with van der Waals surface area (Å²) in [5, 5.41) is 12.8. The molecule has 0 radical (unpaired) electrons. The largest absolute Gasteiger partial charge is 0.451 e. The van der Waals surface area contributed by atoms with E-state index in [1.165, 1.54) is 11.3 Å². The van der Waals surface area contributed by atoms with E-state index in [0.717, 1.165) is 21.3 Å². The molecule has 1 N–H and O–H groups in total. The molecule has 1 aromatic carbocycles. The number of fused-ring (bicyclic) bond motifs is 1. The van der Waals surface area contributed by atoms with E-state index < -0.39 is 0 Å². The fraction of sp³-hybridized carbons (Fsp3) is 0.154. The van der Waals surface area contributed by atoms with Gasteiger partial charge in [0.2, 0.25) is 5.13 Å². The molecule has 0 aliphatic heterocycles. The molecule has 0 unspecified atom stereocenters. The van der Waals surface area contributed by atoms with Gasteiger partial charge in [-0.2, -0.15) is 0 Å². The van der Waals surface area contributed by atoms with E-state index in [1.54, 1.807) is 6.07 Å². The van der Waals surface area contributed by atoms with Gasteiger partial charge in [-0.05, 0) is 30.7 Å². The number of hydrogen-bond donors (Lipinski definition) is 1. The molecule has 0 spiro atoms. The number of benzene rings is 1. The lowest BCUT2D eigenvalue weighted by Gasteiger charge is -1.95. The standard InChI is InChI=1S/C13H10BrN3O2S/c1-2-11-16-17-13(20-11)15-12(18)10-6-7-5-8(14)3-4-9(7)19-10/h3-6H,2H2,1H3,(H,15,17,18). The first-order chi connectivity index (χ1) is 9.65. The number of carbonyl (C=O) groups excluding carboxylic acids is 1. The van der Waals surface area contributed by atoms with Gasteiger partial charge in [0.15, 0.2) is 5.76 Å². The van der Waals surface area contributed by atoms with Crippen LogP contribution in [0.5, 0.6) is 0 Å². The number of anilines is 1. The van der Waals surface area contributed by atoms with Crippen LogP contribution in [0.4, 0.5) is 5.13 Å². The van der Waals surface area contributed by atoms with Crippen molar-refractivity contribution >= 4 is 49.3 Å². The monoisotopic (exact) mass is 351 g/mol. The number of nitrogens with one attached hydrogen (secondary N) is 1. The van der Waals surface area contributed by atoms with E-state index in [1.807, 2.05) is 25.1 Å². The number of halogens is 1. The van der Waals surface area contributed by atoms with Crippen molar-refractivity contribution in [2.75, 3.05) is 5.32 Å². The molecular formula is C13H10BrN3O2S. The second kappa shape index (κ2) is 5.34. The van der Waals surface area contributed by atoms with Gasteiger partial charge in [0.05, 0.1) is 0 Å². The van der Waals surface area contributed by atoms with E-state index in [0.29, 0.717) is 10.7 Å². The van der Waals surface area contributed by atoms with E-state index in [9.17, 15) is 4.79 Å². The number of carbonyl (C=O) groups is 1. The third kappa shape index (κ3) is 2.59. The maximum absolute atomic E-state index is 12.1. The summed E-state index contributed by atoms with van der Waals surface area (Å²) in [5.74, 6) is -0.0672. The summed E-state index contributed by atoms with van der Waals surface area (Å²) in [6.45, 7) is 1.99. The zero-order chi connectivity index (χ0) is 14.1. The number of nitrogens with zero attached hydrogens (tertiary/aromatic N) is 2. The Morgan fingerprint density at radius 2 is 2.25 bits per heavy atom. The quantitative estimate of drug-likeness (QED) is 0.777. The highest BCUT2D eigenvalue weighted by molar-refractivity contribution is 9.10. The minimum absolute atomic E-state index is 0.256. The Bertz CT molecular complexity index is 781. The molecule has 0 fully saturated rings. The summed E-state index contributed by atoms with van der Waals surface area (Å²) in [4.78, 5) is 12.1. The van der Waals surface area contributed by atoms with Gasteiger partial charge < -0.3 is 4.42 Å². The first-order valence-corrected chi connectivity index (χ1v) is 7.59. The van der Waals surface area contributed by atoms with Gasteiger partial charge in [-0.1, -0.05) is 34.2 Å². The summed E-state index contributed by atoms with van der Waals surface area (Å²) >= 11 is 4.75. The van der Waals surface area contributed by atoms with Crippen LogP contribution in [0.25, 0.3) is 11.0 Å². The molecule has 0 saturated carbocycles. The Morgan fingerprint density at radius 3 is 3.00 bits per heavy atom. The van der Waals surface area contributed by atoms with Crippen LogP contribution >= 0.6 is 27.3 Å². The number of hydrogen-bond acceptors (Lipinski definition) is 5. The van der Waals surface area contributed by atoms with Crippen molar-refractivity contribution in [3.63, 3.8) is 0 Å². The van der Waals surface area contributed by atoms with Gasteiger partial charge >= 0.3 is 0 Å². The van der Waals surface area contributed by atoms with Crippen molar-refractivity contribution in [2.24, 2.45) is 0 Å². The zero-order valence-corrected chi connectivity index (χ0v) is 12.9. The fourth-order valence-corrected chi connectivity index (χ4v) is 2.79. The topological polar surface area (TPSA) is 68.0 Å². The number of aromatic nitrogens is 2. The Kier molecular flexibility index (Phi) is 3.54. The van der Waals surface area contributed by atoms with Crippen LogP contribution in [0.2, 0.25) is 0 Å². The van der Waals surface area contributed by atoms with Crippen molar-refractivity contribution in [3.05, 3.63) is 39.5 Å². The van der Waals surface area contributed by atoms with Gasteiger partial charge in [-0.25, -0.2) is 0 Å². The van der Waals surface area contributed by atoms with Crippen molar-refractivity contribution in [3.8, 4) is 0 Å². The smallest absolute Gasteiger partial charge is 0.293 e. The predicted molar refractivity (Wildman–Crippen MR) is 81.2 cm³/mol. The highest BCUT2D eigenvalue weighted by atomic mass is 79.9. The van der Waals surface area contributed by atoms with Gasteiger partial charge in [0.25, 0.3) is 5.91 Å². The summed E-state index contributed by atoms with van der Waals surface area (Å²) in [7, 11) is 0. The SMILES string of the molecule is CCc1nnc(NC(=O)c2cc3cc(Br)ccc3o2)s1. The number of amides is 1. The first-order valence-electron chi connectivity index (χ1n) is 5.98. The van der Waals surface area contributed by atoms with Crippen LogP contribution in [-0.2, 0) is 6.42 Å². The predicted octanol–water partition coefficient (Wildman–Crippen LogP) is 3.86. The molecular weight excluding hydrogens is 342 g/mol. The molecule has 0 aliphatic carbocycles. The van der Waals surface area contributed by atoms with E-state index in [-0.39, 0.29) is 11.7 Å². The van der Waals surface area contributed by atoms with Crippen LogP contribution in [0.3, 0.4) is 0 Å². The molecule has 1 amide bonds. The summed E-state index contributed by atoms with van der Waals surface area (Å²) < 4.78 is 6.45. The lowest BCUT2D eigenvalue weighted by Crippen LogP contribution is -2.10. The molecule has 0 bridgehead atoms. The Balaban J connectivity index is 1.84. The van der Waals surface area contributed by atoms with Crippen molar-refractivity contribution < 1.29 is 9.21 Å². The van der Waals surface area contributed by atoms with Crippen LogP contribution in [-0.4, -0.2) is 16.1 Å². The Morgan fingerprint density at radius 1 is 1.40 bits per heavy atom. The van der Waals surface area contributed by atoms with Crippen LogP contribution < -0.4 is 5.32 Å². The van der Waals surface area contributed by atoms with Gasteiger partial charge in [-0.3, -0.25) is 10.1 Å². The maximum atomic E-state index is 12.1. The van der Waals surface area contributed by atoms with Crippen LogP contribution in [0.15, 0.2) is 33.2 Å². The summed E-state index contributed by atoms with van der Waals surface area (Å²) in [6, 6.07) is 7.29. The van der Waals surface area contributed by atoms with Crippen molar-refractivity contribution in [1.82, 2.24) is 10.2 Å². The molecule has 2 heterocycles. The molecule has 7 heteroatoms. The fourth-order valence-electron chi connectivity index (χ4n) is 1.73. The molecule has 2 aromatic heterocycles. The minimum Gasteiger partial charge on any atom is -0.451 e. The molecule has 0 saturated heterocycles. The number of rotatable bonds is 3. The number of furan rings is 1. The van der Waals surface area contributed by atoms with Crippen LogP contribution in [0, 0.1) is 0 Å². The molecule has 20 heavy (non-hydrogen) atoms. The highest BCUT2D eigenvalue weighted by Gasteiger charge is 2.14. The van der Waals surface area contributed by atoms with Crippen LogP contribution in [0.1, 0.15) is 22.5 Å². The zero-order valence-electron chi connectivity index (χ0n) is 10.5. The van der Waals surface area contributed by atoms with E-state index in [4.69, 9.17) is 4.42 Å². The Hall–Kier alpha value is -1.73. The highest BCUT2D eigenvalue weighted by Crippen LogP contribution is 2.24. The molecule has 102 valence electrons. The first kappa shape index (κ1) is 13.3. The maximum Gasteiger partial charge on any atom is 0.293 e. The van der Waals surface area contributed by atoms with Gasteiger partial charge in [0.1, 0.15) is 10.6 Å². The third-order valence-electron chi connectivity index (χ3n) is 2.69. The average Bonchev–Trinajstić information content (AvgIpc) is 3.04. The Labute approximate surface area is 127 Å². The van der Waals surface area contributed by atoms with Crippen molar-refractivity contribution in [1.29, 1.82) is 0 Å². The van der Waals surface area contributed by atoms with Gasteiger partial charge in [0, 0.05) is 9.86 Å². The second-order valence-corrected chi connectivity index (χ2v) is 6.08. The third-order valence-corrected chi connectivity index (χ3v) is 4.17. The van der Waals surface area contributed by atoms with E-state index >= 15 is 0 Å².